The molecule has 1 aliphatic rings. The Balaban J connectivity index is 0.00000228. The van der Waals surface area contributed by atoms with Gasteiger partial charge in [0.2, 0.25) is 15.9 Å². The van der Waals surface area contributed by atoms with Crippen LogP contribution < -0.4 is 11.1 Å². The van der Waals surface area contributed by atoms with Crippen molar-refractivity contribution >= 4 is 52.3 Å². The van der Waals surface area contributed by atoms with Gasteiger partial charge in [-0.15, -0.1) is 24.8 Å². The van der Waals surface area contributed by atoms with Gasteiger partial charge in [0.25, 0.3) is 0 Å². The molecule has 1 saturated heterocycles. The number of amidine groups is 1. The number of anilines is 1. The number of carbonyl (C=O) groups is 1. The third kappa shape index (κ3) is 6.94. The number of nitrogen functional groups attached to an aromatic ring is 1. The van der Waals surface area contributed by atoms with Crippen LogP contribution in [0, 0.1) is 5.41 Å². The van der Waals surface area contributed by atoms with E-state index in [0.717, 1.165) is 16.8 Å². The summed E-state index contributed by atoms with van der Waals surface area (Å²) in [4.78, 5) is 18.5. The second-order valence-corrected chi connectivity index (χ2v) is 9.94. The summed E-state index contributed by atoms with van der Waals surface area (Å²) in [6.45, 7) is 1.27. The van der Waals surface area contributed by atoms with Gasteiger partial charge < -0.3 is 16.0 Å². The van der Waals surface area contributed by atoms with Gasteiger partial charge in [0.15, 0.2) is 0 Å². The lowest BCUT2D eigenvalue weighted by Crippen LogP contribution is -2.51. The second kappa shape index (κ2) is 12.7. The molecule has 4 rings (SSSR count). The van der Waals surface area contributed by atoms with Crippen LogP contribution in [0.15, 0.2) is 78.0 Å². The predicted molar refractivity (Wildman–Crippen MR) is 144 cm³/mol. The molecule has 0 spiro atoms. The van der Waals surface area contributed by atoms with E-state index in [1.165, 1.54) is 4.31 Å². The number of piperazine rings is 1. The molecule has 4 N–H and O–H groups in total. The maximum absolute atomic E-state index is 13.1. The number of sulfonamides is 1. The van der Waals surface area contributed by atoms with Gasteiger partial charge in [-0.3, -0.25) is 15.2 Å². The zero-order valence-corrected chi connectivity index (χ0v) is 21.8. The Morgan fingerprint density at radius 3 is 2.14 bits per heavy atom. The number of hydrogen-bond donors (Lipinski definition) is 3. The van der Waals surface area contributed by atoms with Gasteiger partial charge in [0, 0.05) is 49.8 Å². The van der Waals surface area contributed by atoms with E-state index in [4.69, 9.17) is 11.1 Å². The standard InChI is InChI=1S/C24H26N6O3S.2ClH/c25-24(26)20-5-1-19(2-6-20)16-29-13-14-30(17-23(29)31)34(32,33)22-7-3-18(4-8-22)15-28-21-9-11-27-12-10-21;;/h1-12H,13-17H2,(H3,25,26)(H,27,28);2*1H. The van der Waals surface area contributed by atoms with Crippen LogP contribution >= 0.6 is 24.8 Å². The Kier molecular flexibility index (Phi) is 10.2. The van der Waals surface area contributed by atoms with Gasteiger partial charge in [-0.2, -0.15) is 4.31 Å². The van der Waals surface area contributed by atoms with Crippen LogP contribution in [0.5, 0.6) is 0 Å². The lowest BCUT2D eigenvalue weighted by molar-refractivity contribution is -0.134. The van der Waals surface area contributed by atoms with Gasteiger partial charge >= 0.3 is 0 Å². The fourth-order valence-corrected chi connectivity index (χ4v) is 5.05. The molecule has 1 fully saturated rings. The van der Waals surface area contributed by atoms with Gasteiger partial charge in [0.1, 0.15) is 5.84 Å². The van der Waals surface area contributed by atoms with Crippen molar-refractivity contribution in [2.24, 2.45) is 5.73 Å². The highest BCUT2D eigenvalue weighted by atomic mass is 35.5. The summed E-state index contributed by atoms with van der Waals surface area (Å²) >= 11 is 0. The molecule has 3 aromatic rings. The van der Waals surface area contributed by atoms with Gasteiger partial charge in [-0.25, -0.2) is 8.42 Å². The number of amides is 1. The van der Waals surface area contributed by atoms with Crippen molar-refractivity contribution in [3.8, 4) is 0 Å². The fraction of sp³-hybridized carbons (Fsp3) is 0.208. The van der Waals surface area contributed by atoms with Crippen molar-refractivity contribution in [2.45, 2.75) is 18.0 Å². The van der Waals surface area contributed by atoms with E-state index in [1.807, 2.05) is 24.3 Å². The maximum Gasteiger partial charge on any atom is 0.243 e. The summed E-state index contributed by atoms with van der Waals surface area (Å²) in [5.74, 6) is -0.261. The quantitative estimate of drug-likeness (QED) is 0.291. The number of carbonyl (C=O) groups excluding carboxylic acids is 1. The average molecular weight is 552 g/mol. The van der Waals surface area contributed by atoms with Gasteiger partial charge in [0.05, 0.1) is 11.4 Å². The van der Waals surface area contributed by atoms with Gasteiger partial charge in [-0.1, -0.05) is 36.4 Å². The van der Waals surface area contributed by atoms with Crippen molar-refractivity contribution in [1.82, 2.24) is 14.2 Å². The minimum absolute atomic E-state index is 0. The first kappa shape index (κ1) is 29.1. The first-order valence-corrected chi connectivity index (χ1v) is 12.2. The molecule has 0 unspecified atom stereocenters. The number of benzene rings is 2. The van der Waals surface area contributed by atoms with Crippen molar-refractivity contribution in [2.75, 3.05) is 25.0 Å². The molecule has 36 heavy (non-hydrogen) atoms. The smallest absolute Gasteiger partial charge is 0.243 e. The highest BCUT2D eigenvalue weighted by Crippen LogP contribution is 2.20. The molecule has 9 nitrogen and oxygen atoms in total. The zero-order valence-electron chi connectivity index (χ0n) is 19.3. The number of rotatable bonds is 8. The Labute approximate surface area is 223 Å². The van der Waals surface area contributed by atoms with E-state index in [1.54, 1.807) is 53.7 Å². The third-order valence-corrected chi connectivity index (χ3v) is 7.52. The number of hydrogen-bond acceptors (Lipinski definition) is 6. The lowest BCUT2D eigenvalue weighted by Gasteiger charge is -2.33. The molecule has 192 valence electrons. The average Bonchev–Trinajstić information content (AvgIpc) is 2.85. The molecule has 0 atom stereocenters. The summed E-state index contributed by atoms with van der Waals surface area (Å²) in [7, 11) is -3.77. The van der Waals surface area contributed by atoms with Crippen LogP contribution in [0.1, 0.15) is 16.7 Å². The van der Waals surface area contributed by atoms with E-state index < -0.39 is 10.0 Å². The Morgan fingerprint density at radius 1 is 0.944 bits per heavy atom. The summed E-state index contributed by atoms with van der Waals surface area (Å²) in [5.41, 5.74) is 8.85. The molecule has 1 amide bonds. The fourth-order valence-electron chi connectivity index (χ4n) is 3.67. The van der Waals surface area contributed by atoms with Crippen LogP contribution in [0.25, 0.3) is 0 Å². The third-order valence-electron chi connectivity index (χ3n) is 5.66. The van der Waals surface area contributed by atoms with Crippen molar-refractivity contribution in [1.29, 1.82) is 5.41 Å². The Morgan fingerprint density at radius 2 is 1.56 bits per heavy atom. The first-order valence-electron chi connectivity index (χ1n) is 10.8. The van der Waals surface area contributed by atoms with E-state index in [0.29, 0.717) is 25.2 Å². The highest BCUT2D eigenvalue weighted by Gasteiger charge is 2.32. The molecule has 0 bridgehead atoms. The normalized spacial score (nSPS) is 13.9. The molecule has 1 aliphatic heterocycles. The number of aromatic nitrogens is 1. The molecule has 2 aromatic carbocycles. The number of pyridine rings is 1. The Hall–Kier alpha value is -3.18. The SMILES string of the molecule is Cl.Cl.N=C(N)c1ccc(CN2CCN(S(=O)(=O)c3ccc(CNc4ccncc4)cc3)CC2=O)cc1. The minimum Gasteiger partial charge on any atom is -0.384 e. The van der Waals surface area contributed by atoms with Crippen LogP contribution in [-0.4, -0.2) is 54.0 Å². The molecular weight excluding hydrogens is 523 g/mol. The van der Waals surface area contributed by atoms with E-state index in [9.17, 15) is 13.2 Å². The van der Waals surface area contributed by atoms with Crippen LogP contribution in [-0.2, 0) is 27.9 Å². The largest absolute Gasteiger partial charge is 0.384 e. The highest BCUT2D eigenvalue weighted by molar-refractivity contribution is 7.89. The van der Waals surface area contributed by atoms with Crippen molar-refractivity contribution < 1.29 is 13.2 Å². The maximum atomic E-state index is 13.1. The molecule has 0 radical (unpaired) electrons. The number of nitrogens with one attached hydrogen (secondary N) is 2. The molecule has 1 aromatic heterocycles. The minimum atomic E-state index is -3.77. The lowest BCUT2D eigenvalue weighted by atomic mass is 10.1. The van der Waals surface area contributed by atoms with Crippen LogP contribution in [0.4, 0.5) is 5.69 Å². The summed E-state index contributed by atoms with van der Waals surface area (Å²) in [6, 6.07) is 17.5. The molecular formula is C24H28Cl2N6O3S. The van der Waals surface area contributed by atoms with E-state index >= 15 is 0 Å². The Bertz CT molecular complexity index is 1270. The molecule has 2 heterocycles. The topological polar surface area (TPSA) is 132 Å². The van der Waals surface area contributed by atoms with Gasteiger partial charge in [-0.05, 0) is 35.4 Å². The molecule has 0 aliphatic carbocycles. The van der Waals surface area contributed by atoms with Crippen LogP contribution in [0.3, 0.4) is 0 Å². The van der Waals surface area contributed by atoms with Crippen molar-refractivity contribution in [3.63, 3.8) is 0 Å². The number of nitrogens with two attached hydrogens (primary N) is 1. The first-order chi connectivity index (χ1) is 16.3. The van der Waals surface area contributed by atoms with Crippen LogP contribution in [0.2, 0.25) is 0 Å². The van der Waals surface area contributed by atoms with E-state index in [-0.39, 0.29) is 54.5 Å². The summed E-state index contributed by atoms with van der Waals surface area (Å²) in [6.07, 6.45) is 3.40. The zero-order chi connectivity index (χ0) is 24.1. The summed E-state index contributed by atoms with van der Waals surface area (Å²) < 4.78 is 27.4. The molecule has 0 saturated carbocycles. The molecule has 12 heteroatoms. The number of nitrogens with zero attached hydrogens (tertiary/aromatic N) is 3. The van der Waals surface area contributed by atoms with Crippen molar-refractivity contribution in [3.05, 3.63) is 89.7 Å². The number of halogens is 2. The predicted octanol–water partition coefficient (Wildman–Crippen LogP) is 2.85. The second-order valence-electron chi connectivity index (χ2n) is 8.00. The van der Waals surface area contributed by atoms with E-state index in [2.05, 4.69) is 10.3 Å². The summed E-state index contributed by atoms with van der Waals surface area (Å²) in [5, 5.41) is 10.7. The monoisotopic (exact) mass is 550 g/mol.